The Hall–Kier alpha value is -3.64. The molecule has 0 spiro atoms. The molecular weight excluding hydrogens is 382 g/mol. The van der Waals surface area contributed by atoms with Crippen molar-refractivity contribution in [1.29, 1.82) is 0 Å². The lowest BCUT2D eigenvalue weighted by Crippen LogP contribution is -2.35. The molecule has 6 heteroatoms. The Morgan fingerprint density at radius 1 is 0.767 bits per heavy atom. The van der Waals surface area contributed by atoms with Gasteiger partial charge < -0.3 is 19.9 Å². The minimum atomic E-state index is -0.807. The van der Waals surface area contributed by atoms with Crippen molar-refractivity contribution >= 4 is 11.9 Å². The van der Waals surface area contributed by atoms with E-state index >= 15 is 0 Å². The molecule has 1 aliphatic rings. The Morgan fingerprint density at radius 2 is 1.30 bits per heavy atom. The molecule has 0 radical (unpaired) electrons. The molecule has 3 aromatic rings. The van der Waals surface area contributed by atoms with Crippen molar-refractivity contribution in [2.75, 3.05) is 6.54 Å². The molecule has 0 saturated carbocycles. The van der Waals surface area contributed by atoms with Gasteiger partial charge in [0.15, 0.2) is 12.2 Å². The van der Waals surface area contributed by atoms with E-state index in [4.69, 9.17) is 9.47 Å². The van der Waals surface area contributed by atoms with Gasteiger partial charge in [-0.2, -0.15) is 0 Å². The normalized spacial score (nSPS) is 20.5. The maximum Gasteiger partial charge on any atom is 0.338 e. The van der Waals surface area contributed by atoms with E-state index in [0.717, 1.165) is 0 Å². The summed E-state index contributed by atoms with van der Waals surface area (Å²) in [7, 11) is 0. The van der Waals surface area contributed by atoms with E-state index in [1.54, 1.807) is 72.8 Å². The number of hydrogen-bond donors (Lipinski definition) is 2. The molecule has 1 fully saturated rings. The second-order valence-corrected chi connectivity index (χ2v) is 6.99. The summed E-state index contributed by atoms with van der Waals surface area (Å²) in [5, 5.41) is 13.5. The van der Waals surface area contributed by atoms with Crippen LogP contribution in [-0.4, -0.2) is 35.8 Å². The van der Waals surface area contributed by atoms with Gasteiger partial charge in [0.2, 0.25) is 0 Å². The highest BCUT2D eigenvalue weighted by atomic mass is 16.6. The molecule has 0 amide bonds. The molecule has 3 atom stereocenters. The van der Waals surface area contributed by atoms with E-state index in [1.165, 1.54) is 0 Å². The highest BCUT2D eigenvalue weighted by molar-refractivity contribution is 5.90. The standard InChI is InChI=1S/C24H21NO5/c26-19-14-8-7-13-18(19)21-22(30-24(28)17-11-5-2-6-12-17)20(15-25-21)29-23(27)16-9-3-1-4-10-16/h1-14,20-22,25-26H,15H2/t20-,21-,22+/m1/s1. The molecule has 1 aliphatic heterocycles. The van der Waals surface area contributed by atoms with E-state index in [-0.39, 0.29) is 12.3 Å². The zero-order valence-corrected chi connectivity index (χ0v) is 16.1. The van der Waals surface area contributed by atoms with Gasteiger partial charge in [-0.1, -0.05) is 54.6 Å². The Kier molecular flexibility index (Phi) is 5.77. The van der Waals surface area contributed by atoms with Gasteiger partial charge in [0.1, 0.15) is 5.75 Å². The van der Waals surface area contributed by atoms with Crippen LogP contribution in [0.2, 0.25) is 0 Å². The molecule has 4 rings (SSSR count). The number of aromatic hydroxyl groups is 1. The smallest absolute Gasteiger partial charge is 0.338 e. The summed E-state index contributed by atoms with van der Waals surface area (Å²) in [6.07, 6.45) is -1.52. The van der Waals surface area contributed by atoms with Crippen molar-refractivity contribution in [2.24, 2.45) is 0 Å². The SMILES string of the molecule is O=C(O[C@@H]1[C@@H](c2ccccc2O)NC[C@H]1OC(=O)c1ccccc1)c1ccccc1. The van der Waals surface area contributed by atoms with Crippen LogP contribution in [0.4, 0.5) is 0 Å². The molecule has 0 bridgehead atoms. The number of ether oxygens (including phenoxy) is 2. The predicted molar refractivity (Wildman–Crippen MR) is 110 cm³/mol. The summed E-state index contributed by atoms with van der Waals surface area (Å²) in [6, 6.07) is 23.6. The number of carbonyl (C=O) groups is 2. The van der Waals surface area contributed by atoms with Crippen molar-refractivity contribution in [1.82, 2.24) is 5.32 Å². The monoisotopic (exact) mass is 403 g/mol. The van der Waals surface area contributed by atoms with Crippen LogP contribution in [0.5, 0.6) is 5.75 Å². The van der Waals surface area contributed by atoms with Gasteiger partial charge in [-0.3, -0.25) is 0 Å². The number of phenolic OH excluding ortho intramolecular Hbond substituents is 1. The van der Waals surface area contributed by atoms with Crippen molar-refractivity contribution in [3.8, 4) is 5.75 Å². The van der Waals surface area contributed by atoms with E-state index in [9.17, 15) is 14.7 Å². The fourth-order valence-corrected chi connectivity index (χ4v) is 3.53. The zero-order chi connectivity index (χ0) is 20.9. The van der Waals surface area contributed by atoms with E-state index in [2.05, 4.69) is 5.32 Å². The molecule has 152 valence electrons. The van der Waals surface area contributed by atoms with Crippen LogP contribution in [0.25, 0.3) is 0 Å². The van der Waals surface area contributed by atoms with Crippen LogP contribution in [0, 0.1) is 0 Å². The minimum Gasteiger partial charge on any atom is -0.508 e. The highest BCUT2D eigenvalue weighted by Crippen LogP contribution is 2.34. The van der Waals surface area contributed by atoms with Crippen molar-refractivity contribution < 1.29 is 24.2 Å². The average Bonchev–Trinajstić information content (AvgIpc) is 3.17. The second-order valence-electron chi connectivity index (χ2n) is 6.99. The van der Waals surface area contributed by atoms with Crippen LogP contribution in [0.15, 0.2) is 84.9 Å². The first-order valence-electron chi connectivity index (χ1n) is 9.67. The van der Waals surface area contributed by atoms with Gasteiger partial charge in [-0.25, -0.2) is 9.59 Å². The molecule has 0 aliphatic carbocycles. The molecule has 1 heterocycles. The lowest BCUT2D eigenvalue weighted by molar-refractivity contribution is -0.0254. The first-order chi connectivity index (χ1) is 14.6. The molecular formula is C24H21NO5. The van der Waals surface area contributed by atoms with Gasteiger partial charge in [0.25, 0.3) is 0 Å². The summed E-state index contributed by atoms with van der Waals surface area (Å²) in [6.45, 7) is 0.282. The molecule has 2 N–H and O–H groups in total. The van der Waals surface area contributed by atoms with Gasteiger partial charge in [-0.05, 0) is 30.3 Å². The van der Waals surface area contributed by atoms with Gasteiger partial charge in [-0.15, -0.1) is 0 Å². The first kappa shape index (κ1) is 19.7. The molecule has 1 saturated heterocycles. The fourth-order valence-electron chi connectivity index (χ4n) is 3.53. The fraction of sp³-hybridized carbons (Fsp3) is 0.167. The Bertz CT molecular complexity index is 1020. The third-order valence-electron chi connectivity index (χ3n) is 5.03. The van der Waals surface area contributed by atoms with Gasteiger partial charge in [0.05, 0.1) is 17.2 Å². The van der Waals surface area contributed by atoms with Crippen molar-refractivity contribution in [3.05, 3.63) is 102 Å². The number of para-hydroxylation sites is 1. The number of esters is 2. The van der Waals surface area contributed by atoms with Crippen molar-refractivity contribution in [3.63, 3.8) is 0 Å². The lowest BCUT2D eigenvalue weighted by Gasteiger charge is -2.25. The van der Waals surface area contributed by atoms with Crippen LogP contribution >= 0.6 is 0 Å². The summed E-state index contributed by atoms with van der Waals surface area (Å²) < 4.78 is 11.5. The first-order valence-corrected chi connectivity index (χ1v) is 9.67. The van der Waals surface area contributed by atoms with Gasteiger partial charge >= 0.3 is 11.9 Å². The summed E-state index contributed by atoms with van der Waals surface area (Å²) in [5.41, 5.74) is 1.38. The lowest BCUT2D eigenvalue weighted by atomic mass is 10.0. The number of hydrogen-bond acceptors (Lipinski definition) is 6. The zero-order valence-electron chi connectivity index (χ0n) is 16.1. The Morgan fingerprint density at radius 3 is 1.90 bits per heavy atom. The molecule has 6 nitrogen and oxygen atoms in total. The third-order valence-corrected chi connectivity index (χ3v) is 5.03. The van der Waals surface area contributed by atoms with Crippen LogP contribution in [-0.2, 0) is 9.47 Å². The Balaban J connectivity index is 1.59. The Labute approximate surface area is 174 Å². The minimum absolute atomic E-state index is 0.0748. The van der Waals surface area contributed by atoms with Gasteiger partial charge in [0, 0.05) is 12.1 Å². The second kappa shape index (κ2) is 8.80. The highest BCUT2D eigenvalue weighted by Gasteiger charge is 2.43. The molecule has 3 aromatic carbocycles. The largest absolute Gasteiger partial charge is 0.508 e. The number of benzene rings is 3. The average molecular weight is 403 g/mol. The number of phenols is 1. The summed E-state index contributed by atoms with van der Waals surface area (Å²) in [4.78, 5) is 25.3. The third kappa shape index (κ3) is 4.18. The molecule has 0 aromatic heterocycles. The topological polar surface area (TPSA) is 84.9 Å². The summed E-state index contributed by atoms with van der Waals surface area (Å²) >= 11 is 0. The quantitative estimate of drug-likeness (QED) is 0.635. The van der Waals surface area contributed by atoms with Crippen LogP contribution in [0.3, 0.4) is 0 Å². The van der Waals surface area contributed by atoms with E-state index < -0.39 is 30.2 Å². The molecule has 30 heavy (non-hydrogen) atoms. The number of carbonyl (C=O) groups excluding carboxylic acids is 2. The van der Waals surface area contributed by atoms with Crippen LogP contribution < -0.4 is 5.32 Å². The maximum absolute atomic E-state index is 12.7. The van der Waals surface area contributed by atoms with E-state index in [1.807, 2.05) is 12.1 Å². The summed E-state index contributed by atoms with van der Waals surface area (Å²) in [5.74, 6) is -0.947. The number of nitrogens with one attached hydrogen (secondary N) is 1. The predicted octanol–water partition coefficient (Wildman–Crippen LogP) is 3.49. The maximum atomic E-state index is 12.7. The van der Waals surface area contributed by atoms with Crippen molar-refractivity contribution in [2.45, 2.75) is 18.2 Å². The van der Waals surface area contributed by atoms with E-state index in [0.29, 0.717) is 16.7 Å². The number of rotatable bonds is 5. The molecule has 0 unspecified atom stereocenters. The van der Waals surface area contributed by atoms with Crippen LogP contribution in [0.1, 0.15) is 32.3 Å².